The molecule has 0 bridgehead atoms. The highest BCUT2D eigenvalue weighted by molar-refractivity contribution is 6.17. The van der Waals surface area contributed by atoms with Gasteiger partial charge in [-0.2, -0.15) is 5.10 Å². The van der Waals surface area contributed by atoms with Crippen LogP contribution in [0.2, 0.25) is 0 Å². The topological polar surface area (TPSA) is 189 Å². The van der Waals surface area contributed by atoms with Crippen LogP contribution in [-0.2, 0) is 20.7 Å². The van der Waals surface area contributed by atoms with Crippen LogP contribution >= 0.6 is 12.4 Å². The van der Waals surface area contributed by atoms with E-state index in [0.29, 0.717) is 61.5 Å². The smallest absolute Gasteiger partial charge is 0.340 e. The first-order valence-electron chi connectivity index (χ1n) is 15.7. The number of ether oxygens (including phenoxy) is 1. The zero-order valence-corrected chi connectivity index (χ0v) is 26.8. The number of morpholine rings is 1. The van der Waals surface area contributed by atoms with Gasteiger partial charge >= 0.3 is 5.69 Å². The first-order chi connectivity index (χ1) is 22.4. The quantitative estimate of drug-likeness (QED) is 0.208. The van der Waals surface area contributed by atoms with Crippen LogP contribution in [0.5, 0.6) is 0 Å². The summed E-state index contributed by atoms with van der Waals surface area (Å²) in [5.41, 5.74) is 15.7. The predicted octanol–water partition coefficient (Wildman–Crippen LogP) is 2.68. The molecule has 2 aliphatic rings. The van der Waals surface area contributed by atoms with E-state index < -0.39 is 17.6 Å². The standard InChI is InChI=1S/C33H39N9O4.ClH/c34-18-21-4-6-24(7-5-21)30(43)42(27-10-8-23(9-11-27)29-38-33(45)40-39-29)31(44)28(35)17-22-2-1-3-25(16-22)26-19-36-32(37-20-26)41-12-14-46-15-13-41;/h1-3,8-11,16,19-21,24,28H,4-7,12-15,17-18,34-35H2,(H2,38,39,40,45);1H/t21?,24?,28-;/m0./s1. The van der Waals surface area contributed by atoms with Crippen LogP contribution in [0, 0.1) is 11.8 Å². The van der Waals surface area contributed by atoms with E-state index in [-0.39, 0.29) is 30.7 Å². The van der Waals surface area contributed by atoms with Crippen molar-refractivity contribution in [3.63, 3.8) is 0 Å². The molecule has 2 amide bonds. The summed E-state index contributed by atoms with van der Waals surface area (Å²) in [5.74, 6) is 0.379. The lowest BCUT2D eigenvalue weighted by Gasteiger charge is -2.32. The minimum absolute atomic E-state index is 0. The molecule has 0 unspecified atom stereocenters. The number of carbonyl (C=O) groups is 2. The van der Waals surface area contributed by atoms with Gasteiger partial charge in [-0.15, -0.1) is 12.4 Å². The Bertz CT molecular complexity index is 1700. The fourth-order valence-corrected chi connectivity index (χ4v) is 6.15. The largest absolute Gasteiger partial charge is 0.378 e. The maximum Gasteiger partial charge on any atom is 0.340 e. The Hall–Kier alpha value is -4.43. The first kappa shape index (κ1) is 33.9. The molecule has 13 nitrogen and oxygen atoms in total. The number of carbonyl (C=O) groups excluding carboxylic acids is 2. The zero-order valence-electron chi connectivity index (χ0n) is 26.0. The van der Waals surface area contributed by atoms with Crippen LogP contribution in [0.1, 0.15) is 31.2 Å². The molecule has 0 radical (unpaired) electrons. The molecule has 248 valence electrons. The lowest BCUT2D eigenvalue weighted by Crippen LogP contribution is -2.50. The number of H-pyrrole nitrogens is 2. The molecular weight excluding hydrogens is 622 g/mol. The van der Waals surface area contributed by atoms with E-state index in [9.17, 15) is 14.4 Å². The maximum atomic E-state index is 14.0. The zero-order chi connectivity index (χ0) is 32.0. The highest BCUT2D eigenvalue weighted by atomic mass is 35.5. The maximum absolute atomic E-state index is 14.0. The number of halogens is 1. The van der Waals surface area contributed by atoms with Gasteiger partial charge < -0.3 is 21.1 Å². The number of nitrogens with two attached hydrogens (primary N) is 2. The Kier molecular flexibility index (Phi) is 11.1. The summed E-state index contributed by atoms with van der Waals surface area (Å²) >= 11 is 0. The molecule has 3 heterocycles. The molecule has 1 atom stereocenters. The number of anilines is 2. The number of imide groups is 1. The number of rotatable bonds is 9. The summed E-state index contributed by atoms with van der Waals surface area (Å²) in [6.07, 6.45) is 6.85. The molecule has 6 rings (SSSR count). The number of aromatic amines is 2. The molecule has 4 aromatic rings. The van der Waals surface area contributed by atoms with E-state index >= 15 is 0 Å². The van der Waals surface area contributed by atoms with Crippen LogP contribution in [0.15, 0.2) is 65.7 Å². The number of nitrogens with one attached hydrogen (secondary N) is 2. The summed E-state index contributed by atoms with van der Waals surface area (Å²) in [4.78, 5) is 54.6. The predicted molar refractivity (Wildman–Crippen MR) is 181 cm³/mol. The van der Waals surface area contributed by atoms with Gasteiger partial charge in [-0.25, -0.2) is 24.8 Å². The number of benzene rings is 2. The van der Waals surface area contributed by atoms with E-state index in [4.69, 9.17) is 16.2 Å². The van der Waals surface area contributed by atoms with Crippen molar-refractivity contribution in [2.24, 2.45) is 23.3 Å². The Balaban J connectivity index is 0.00000433. The monoisotopic (exact) mass is 661 g/mol. The van der Waals surface area contributed by atoms with Gasteiger partial charge in [-0.3, -0.25) is 14.6 Å². The van der Waals surface area contributed by atoms with Crippen molar-refractivity contribution < 1.29 is 14.3 Å². The first-order valence-corrected chi connectivity index (χ1v) is 15.7. The number of nitrogens with zero attached hydrogens (tertiary/aromatic N) is 5. The average molecular weight is 662 g/mol. The van der Waals surface area contributed by atoms with E-state index in [2.05, 4.69) is 30.0 Å². The normalized spacial score (nSPS) is 18.6. The summed E-state index contributed by atoms with van der Waals surface area (Å²) in [6, 6.07) is 13.6. The molecule has 14 heteroatoms. The van der Waals surface area contributed by atoms with Gasteiger partial charge in [0.15, 0.2) is 5.82 Å². The molecule has 1 saturated heterocycles. The SMILES string of the molecule is Cl.NCC1CCC(C(=O)N(C(=O)[C@@H](N)Cc2cccc(-c3cnc(N4CCOCC4)nc3)c2)c2ccc(-c3n[nH]c(=O)[nH]3)cc2)CC1. The van der Waals surface area contributed by atoms with E-state index in [1.807, 2.05) is 24.3 Å². The lowest BCUT2D eigenvalue weighted by molar-refractivity contribution is -0.130. The molecule has 1 saturated carbocycles. The molecule has 1 aliphatic heterocycles. The van der Waals surface area contributed by atoms with Crippen LogP contribution in [0.3, 0.4) is 0 Å². The molecule has 2 aromatic carbocycles. The van der Waals surface area contributed by atoms with E-state index in [1.165, 1.54) is 4.90 Å². The third-order valence-electron chi connectivity index (χ3n) is 8.84. The lowest BCUT2D eigenvalue weighted by atomic mass is 9.81. The van der Waals surface area contributed by atoms with Gasteiger partial charge in [-0.05, 0) is 80.0 Å². The minimum atomic E-state index is -0.970. The molecule has 2 fully saturated rings. The second-order valence-corrected chi connectivity index (χ2v) is 11.9. The van der Waals surface area contributed by atoms with Crippen molar-refractivity contribution >= 4 is 35.9 Å². The van der Waals surface area contributed by atoms with Crippen LogP contribution in [0.4, 0.5) is 11.6 Å². The van der Waals surface area contributed by atoms with Crippen molar-refractivity contribution in [1.29, 1.82) is 0 Å². The third-order valence-corrected chi connectivity index (χ3v) is 8.84. The second kappa shape index (κ2) is 15.4. The van der Waals surface area contributed by atoms with Gasteiger partial charge in [0.1, 0.15) is 0 Å². The van der Waals surface area contributed by atoms with Gasteiger partial charge in [0, 0.05) is 42.5 Å². The summed E-state index contributed by atoms with van der Waals surface area (Å²) in [5, 5.41) is 6.31. The Morgan fingerprint density at radius 3 is 2.32 bits per heavy atom. The fourth-order valence-electron chi connectivity index (χ4n) is 6.15. The third kappa shape index (κ3) is 7.93. The number of amides is 2. The van der Waals surface area contributed by atoms with Crippen LogP contribution in [0.25, 0.3) is 22.5 Å². The Morgan fingerprint density at radius 1 is 0.979 bits per heavy atom. The van der Waals surface area contributed by atoms with Crippen molar-refractivity contribution in [2.45, 2.75) is 38.1 Å². The van der Waals surface area contributed by atoms with Gasteiger partial charge in [0.2, 0.25) is 11.9 Å². The summed E-state index contributed by atoms with van der Waals surface area (Å²) in [7, 11) is 0. The molecule has 47 heavy (non-hydrogen) atoms. The molecular formula is C33H40ClN9O4. The minimum Gasteiger partial charge on any atom is -0.378 e. The Morgan fingerprint density at radius 2 is 1.68 bits per heavy atom. The number of aromatic nitrogens is 5. The van der Waals surface area contributed by atoms with Gasteiger partial charge in [-0.1, -0.05) is 24.3 Å². The Labute approximate surface area is 278 Å². The van der Waals surface area contributed by atoms with Crippen molar-refractivity contribution in [2.75, 3.05) is 42.6 Å². The second-order valence-electron chi connectivity index (χ2n) is 11.9. The molecule has 0 spiro atoms. The van der Waals surface area contributed by atoms with E-state index in [1.54, 1.807) is 36.7 Å². The molecule has 1 aliphatic carbocycles. The van der Waals surface area contributed by atoms with Crippen LogP contribution < -0.4 is 27.0 Å². The summed E-state index contributed by atoms with van der Waals surface area (Å²) < 4.78 is 5.42. The highest BCUT2D eigenvalue weighted by Gasteiger charge is 2.35. The fraction of sp³-hybridized carbons (Fsp3) is 0.394. The summed E-state index contributed by atoms with van der Waals surface area (Å²) in [6.45, 7) is 3.41. The highest BCUT2D eigenvalue weighted by Crippen LogP contribution is 2.32. The average Bonchev–Trinajstić information content (AvgIpc) is 3.55. The van der Waals surface area contributed by atoms with Crippen molar-refractivity contribution in [3.8, 4) is 22.5 Å². The van der Waals surface area contributed by atoms with E-state index in [0.717, 1.165) is 42.6 Å². The van der Waals surface area contributed by atoms with Gasteiger partial charge in [0.25, 0.3) is 5.91 Å². The molecule has 6 N–H and O–H groups in total. The van der Waals surface area contributed by atoms with Crippen molar-refractivity contribution in [1.82, 2.24) is 25.1 Å². The number of hydrogen-bond acceptors (Lipinski definition) is 10. The van der Waals surface area contributed by atoms with Crippen LogP contribution in [-0.4, -0.2) is 75.9 Å². The number of hydrogen-bond donors (Lipinski definition) is 4. The molecule has 2 aromatic heterocycles. The van der Waals surface area contributed by atoms with Gasteiger partial charge in [0.05, 0.1) is 24.9 Å². The van der Waals surface area contributed by atoms with Crippen molar-refractivity contribution in [3.05, 3.63) is 77.0 Å².